The van der Waals surface area contributed by atoms with Gasteiger partial charge in [-0.3, -0.25) is 0 Å². The van der Waals surface area contributed by atoms with E-state index < -0.39 is 5.97 Å². The number of aromatic nitrogens is 1. The topological polar surface area (TPSA) is 44.4 Å². The van der Waals surface area contributed by atoms with Gasteiger partial charge in [-0.2, -0.15) is 4.57 Å². The third kappa shape index (κ3) is 4.95. The van der Waals surface area contributed by atoms with Crippen LogP contribution in [0.5, 0.6) is 0 Å². The Morgan fingerprint density at radius 1 is 1.00 bits per heavy atom. The maximum absolute atomic E-state index is 10.6. The predicted octanol–water partition coefficient (Wildman–Crippen LogP) is 3.08. The van der Waals surface area contributed by atoms with Crippen molar-refractivity contribution in [2.24, 2.45) is 0 Å². The van der Waals surface area contributed by atoms with Crippen LogP contribution in [0.15, 0.2) is 48.8 Å². The zero-order chi connectivity index (χ0) is 16.7. The van der Waals surface area contributed by atoms with Crippen molar-refractivity contribution in [3.05, 3.63) is 59.9 Å². The molecule has 0 amide bonds. The average molecular weight is 311 g/mol. The first-order valence-corrected chi connectivity index (χ1v) is 7.86. The second-order valence-corrected chi connectivity index (χ2v) is 5.29. The van der Waals surface area contributed by atoms with E-state index in [4.69, 9.17) is 5.11 Å². The fourth-order valence-electron chi connectivity index (χ4n) is 2.42. The van der Waals surface area contributed by atoms with Gasteiger partial charge in [0.05, 0.1) is 0 Å². The number of hydrogen-bond acceptors (Lipinski definition) is 2. The Morgan fingerprint density at radius 3 is 2.00 bits per heavy atom. The number of aliphatic carboxylic acids is 1. The lowest BCUT2D eigenvalue weighted by Crippen LogP contribution is -2.36. The second kappa shape index (κ2) is 8.13. The van der Waals surface area contributed by atoms with Crippen LogP contribution in [0, 0.1) is 0 Å². The van der Waals surface area contributed by atoms with Gasteiger partial charge < -0.3 is 10.0 Å². The molecule has 4 heteroatoms. The van der Waals surface area contributed by atoms with Gasteiger partial charge in [0.25, 0.3) is 0 Å². The quantitative estimate of drug-likeness (QED) is 0.799. The van der Waals surface area contributed by atoms with Crippen molar-refractivity contribution < 1.29 is 14.5 Å². The first-order valence-electron chi connectivity index (χ1n) is 7.86. The van der Waals surface area contributed by atoms with Crippen LogP contribution in [0.2, 0.25) is 0 Å². The lowest BCUT2D eigenvalue weighted by Gasteiger charge is -2.20. The van der Waals surface area contributed by atoms with Crippen molar-refractivity contribution in [3.8, 4) is 0 Å². The number of rotatable bonds is 7. The van der Waals surface area contributed by atoms with Gasteiger partial charge in [-0.05, 0) is 37.1 Å². The van der Waals surface area contributed by atoms with Crippen LogP contribution in [0.1, 0.15) is 25.0 Å². The Labute approximate surface area is 137 Å². The third-order valence-electron chi connectivity index (χ3n) is 3.72. The zero-order valence-electron chi connectivity index (χ0n) is 13.6. The number of benzene rings is 1. The summed E-state index contributed by atoms with van der Waals surface area (Å²) in [7, 11) is 0. The summed E-state index contributed by atoms with van der Waals surface area (Å²) < 4.78 is 1.64. The summed E-state index contributed by atoms with van der Waals surface area (Å²) in [6.45, 7) is 6.31. The molecule has 1 aromatic heterocycles. The third-order valence-corrected chi connectivity index (χ3v) is 3.72. The van der Waals surface area contributed by atoms with E-state index in [9.17, 15) is 4.79 Å². The van der Waals surface area contributed by atoms with E-state index in [1.165, 1.54) is 5.69 Å². The molecule has 2 aromatic rings. The number of pyridine rings is 1. The van der Waals surface area contributed by atoms with Crippen molar-refractivity contribution in [2.45, 2.75) is 20.4 Å². The molecule has 120 valence electrons. The normalized spacial score (nSPS) is 10.9. The minimum absolute atomic E-state index is 0.0171. The van der Waals surface area contributed by atoms with Gasteiger partial charge in [0, 0.05) is 30.9 Å². The van der Waals surface area contributed by atoms with Gasteiger partial charge in [-0.15, -0.1) is 0 Å². The van der Waals surface area contributed by atoms with Gasteiger partial charge in [-0.1, -0.05) is 24.3 Å². The standard InChI is InChI=1S/C19H22N2O2/c1-3-21(4-2)18-9-7-16(8-10-18)5-6-17-11-13-20(14-12-17)15-19(22)23/h5-14H,3-4,15H2,1-2H3/p+1. The fraction of sp³-hybridized carbons (Fsp3) is 0.263. The number of hydrogen-bond donors (Lipinski definition) is 1. The molecule has 0 aliphatic rings. The van der Waals surface area contributed by atoms with Gasteiger partial charge in [0.2, 0.25) is 6.54 Å². The van der Waals surface area contributed by atoms with Gasteiger partial charge in [-0.25, -0.2) is 4.79 Å². The van der Waals surface area contributed by atoms with E-state index >= 15 is 0 Å². The molecule has 0 bridgehead atoms. The van der Waals surface area contributed by atoms with E-state index in [1.54, 1.807) is 17.0 Å². The Hall–Kier alpha value is -2.62. The summed E-state index contributed by atoms with van der Waals surface area (Å²) in [6, 6.07) is 12.3. The van der Waals surface area contributed by atoms with Crippen LogP contribution < -0.4 is 9.47 Å². The monoisotopic (exact) mass is 311 g/mol. The number of carboxylic acid groups (broad SMARTS) is 1. The van der Waals surface area contributed by atoms with Gasteiger partial charge >= 0.3 is 5.97 Å². The summed E-state index contributed by atoms with van der Waals surface area (Å²) in [6.07, 6.45) is 7.63. The minimum Gasteiger partial charge on any atom is -0.477 e. The summed E-state index contributed by atoms with van der Waals surface area (Å²) >= 11 is 0. The molecule has 0 spiro atoms. The first-order chi connectivity index (χ1) is 11.1. The molecule has 23 heavy (non-hydrogen) atoms. The summed E-state index contributed by atoms with van der Waals surface area (Å²) in [4.78, 5) is 13.0. The van der Waals surface area contributed by atoms with Crippen molar-refractivity contribution in [3.63, 3.8) is 0 Å². The van der Waals surface area contributed by atoms with Crippen LogP contribution in [0.4, 0.5) is 5.69 Å². The van der Waals surface area contributed by atoms with Crippen molar-refractivity contribution in [2.75, 3.05) is 18.0 Å². The van der Waals surface area contributed by atoms with Crippen molar-refractivity contribution >= 4 is 23.8 Å². The zero-order valence-corrected chi connectivity index (χ0v) is 13.6. The molecule has 0 radical (unpaired) electrons. The molecule has 0 atom stereocenters. The van der Waals surface area contributed by atoms with Crippen LogP contribution in [-0.2, 0) is 11.3 Å². The molecule has 1 aromatic carbocycles. The Kier molecular flexibility index (Phi) is 5.92. The van der Waals surface area contributed by atoms with Crippen molar-refractivity contribution in [1.82, 2.24) is 0 Å². The fourth-order valence-corrected chi connectivity index (χ4v) is 2.42. The summed E-state index contributed by atoms with van der Waals surface area (Å²) in [5.41, 5.74) is 3.42. The van der Waals surface area contributed by atoms with Gasteiger partial charge in [0.15, 0.2) is 12.4 Å². The Morgan fingerprint density at radius 2 is 1.52 bits per heavy atom. The highest BCUT2D eigenvalue weighted by molar-refractivity contribution is 5.70. The summed E-state index contributed by atoms with van der Waals surface area (Å²) in [5, 5.41) is 8.75. The van der Waals surface area contributed by atoms with Crippen LogP contribution in [0.3, 0.4) is 0 Å². The molecule has 1 N–H and O–H groups in total. The molecule has 0 aliphatic heterocycles. The van der Waals surface area contributed by atoms with E-state index in [0.29, 0.717) is 0 Å². The maximum atomic E-state index is 10.6. The molecule has 1 heterocycles. The first kappa shape index (κ1) is 16.7. The van der Waals surface area contributed by atoms with Crippen LogP contribution in [0.25, 0.3) is 12.2 Å². The lowest BCUT2D eigenvalue weighted by atomic mass is 10.1. The molecular weight excluding hydrogens is 288 g/mol. The van der Waals surface area contributed by atoms with E-state index in [-0.39, 0.29) is 6.54 Å². The molecular formula is C19H23N2O2+. The number of carbonyl (C=O) groups is 1. The maximum Gasteiger partial charge on any atom is 0.370 e. The van der Waals surface area contributed by atoms with Crippen molar-refractivity contribution in [1.29, 1.82) is 0 Å². The highest BCUT2D eigenvalue weighted by Crippen LogP contribution is 2.16. The van der Waals surface area contributed by atoms with Gasteiger partial charge in [0.1, 0.15) is 0 Å². The van der Waals surface area contributed by atoms with E-state index in [2.05, 4.69) is 49.1 Å². The largest absolute Gasteiger partial charge is 0.477 e. The Bertz CT molecular complexity index is 657. The highest BCUT2D eigenvalue weighted by atomic mass is 16.4. The summed E-state index contributed by atoms with van der Waals surface area (Å²) in [5.74, 6) is -0.841. The number of nitrogens with zero attached hydrogens (tertiary/aromatic N) is 2. The van der Waals surface area contributed by atoms with E-state index in [0.717, 1.165) is 24.2 Å². The number of anilines is 1. The van der Waals surface area contributed by atoms with Crippen LogP contribution >= 0.6 is 0 Å². The molecule has 0 saturated carbocycles. The predicted molar refractivity (Wildman–Crippen MR) is 93.2 cm³/mol. The molecule has 0 saturated heterocycles. The molecule has 4 nitrogen and oxygen atoms in total. The van der Waals surface area contributed by atoms with E-state index in [1.807, 2.05) is 18.2 Å². The smallest absolute Gasteiger partial charge is 0.370 e. The second-order valence-electron chi connectivity index (χ2n) is 5.29. The average Bonchev–Trinajstić information content (AvgIpc) is 2.56. The molecule has 2 rings (SSSR count). The minimum atomic E-state index is -0.841. The Balaban J connectivity index is 2.03. The molecule has 0 aliphatic carbocycles. The lowest BCUT2D eigenvalue weighted by molar-refractivity contribution is -0.685. The molecule has 0 fully saturated rings. The molecule has 0 unspecified atom stereocenters. The van der Waals surface area contributed by atoms with Crippen LogP contribution in [-0.4, -0.2) is 24.2 Å². The highest BCUT2D eigenvalue weighted by Gasteiger charge is 2.05. The number of carboxylic acids is 1. The SMILES string of the molecule is CCN(CC)c1ccc(C=Cc2cc[n+](CC(=O)O)cc2)cc1.